The summed E-state index contributed by atoms with van der Waals surface area (Å²) in [6, 6.07) is 4.18. The van der Waals surface area contributed by atoms with E-state index in [-0.39, 0.29) is 6.10 Å². The minimum absolute atomic E-state index is 0.0857. The first-order valence-electron chi connectivity index (χ1n) is 5.56. The zero-order valence-electron chi connectivity index (χ0n) is 9.19. The molecule has 1 N–H and O–H groups in total. The van der Waals surface area contributed by atoms with Crippen LogP contribution in [0.2, 0.25) is 0 Å². The molecule has 1 aliphatic rings. The number of rotatable bonds is 2. The van der Waals surface area contributed by atoms with E-state index in [4.69, 9.17) is 0 Å². The molecule has 1 aromatic rings. The smallest absolute Gasteiger partial charge is 0.0564 e. The molecule has 0 bridgehead atoms. The van der Waals surface area contributed by atoms with Crippen molar-refractivity contribution >= 4 is 0 Å². The Labute approximate surface area is 90.8 Å². The quantitative estimate of drug-likeness (QED) is 0.793. The normalized spacial score (nSPS) is 19.3. The van der Waals surface area contributed by atoms with E-state index in [1.165, 1.54) is 5.56 Å². The van der Waals surface area contributed by atoms with Crippen molar-refractivity contribution in [3.05, 3.63) is 29.6 Å². The lowest BCUT2D eigenvalue weighted by Crippen LogP contribution is -2.35. The van der Waals surface area contributed by atoms with Crippen molar-refractivity contribution < 1.29 is 5.11 Å². The average molecular weight is 206 g/mol. The lowest BCUT2D eigenvalue weighted by molar-refractivity contribution is 0.0792. The van der Waals surface area contributed by atoms with Crippen LogP contribution in [0.3, 0.4) is 0 Å². The summed E-state index contributed by atoms with van der Waals surface area (Å²) in [5.74, 6) is 0. The van der Waals surface area contributed by atoms with Crippen molar-refractivity contribution in [1.82, 2.24) is 9.88 Å². The Bertz CT molecular complexity index is 302. The van der Waals surface area contributed by atoms with Crippen LogP contribution >= 0.6 is 0 Å². The lowest BCUT2D eigenvalue weighted by Gasteiger charge is -2.29. The highest BCUT2D eigenvalue weighted by atomic mass is 16.3. The fraction of sp³-hybridized carbons (Fsp3) is 0.583. The first-order chi connectivity index (χ1) is 7.24. The molecular weight excluding hydrogens is 188 g/mol. The summed E-state index contributed by atoms with van der Waals surface area (Å²) < 4.78 is 0. The van der Waals surface area contributed by atoms with Crippen LogP contribution in [0, 0.1) is 6.92 Å². The summed E-state index contributed by atoms with van der Waals surface area (Å²) in [6.07, 6.45) is 3.66. The van der Waals surface area contributed by atoms with E-state index >= 15 is 0 Å². The van der Waals surface area contributed by atoms with Gasteiger partial charge in [-0.25, -0.2) is 0 Å². The summed E-state index contributed by atoms with van der Waals surface area (Å²) in [6.45, 7) is 4.95. The van der Waals surface area contributed by atoms with Gasteiger partial charge in [-0.2, -0.15) is 0 Å². The van der Waals surface area contributed by atoms with Crippen LogP contribution in [-0.4, -0.2) is 34.2 Å². The molecule has 0 aliphatic carbocycles. The second kappa shape index (κ2) is 4.73. The van der Waals surface area contributed by atoms with Gasteiger partial charge in [0.05, 0.1) is 6.10 Å². The van der Waals surface area contributed by atoms with Crippen molar-refractivity contribution in [3.63, 3.8) is 0 Å². The maximum atomic E-state index is 9.39. The summed E-state index contributed by atoms with van der Waals surface area (Å²) in [4.78, 5) is 6.66. The molecular formula is C12H18N2O. The molecule has 0 atom stereocenters. The number of nitrogens with zero attached hydrogens (tertiary/aromatic N) is 2. The van der Waals surface area contributed by atoms with Crippen LogP contribution in [0.5, 0.6) is 0 Å². The predicted molar refractivity (Wildman–Crippen MR) is 59.5 cm³/mol. The second-order valence-corrected chi connectivity index (χ2v) is 4.32. The van der Waals surface area contributed by atoms with Crippen molar-refractivity contribution in [2.45, 2.75) is 32.4 Å². The second-order valence-electron chi connectivity index (χ2n) is 4.32. The number of aryl methyl sites for hydroxylation is 1. The van der Waals surface area contributed by atoms with Gasteiger partial charge >= 0.3 is 0 Å². The molecule has 82 valence electrons. The van der Waals surface area contributed by atoms with Crippen LogP contribution in [0.25, 0.3) is 0 Å². The fourth-order valence-corrected chi connectivity index (χ4v) is 1.93. The summed E-state index contributed by atoms with van der Waals surface area (Å²) in [5, 5.41) is 9.39. The number of aliphatic hydroxyl groups excluding tert-OH is 1. The Kier molecular flexibility index (Phi) is 3.34. The van der Waals surface area contributed by atoms with Gasteiger partial charge in [-0.05, 0) is 31.4 Å². The maximum absolute atomic E-state index is 9.39. The average Bonchev–Trinajstić information content (AvgIpc) is 2.25. The molecule has 1 aliphatic heterocycles. The molecule has 0 saturated carbocycles. The number of aromatic nitrogens is 1. The van der Waals surface area contributed by atoms with Crippen molar-refractivity contribution in [2.24, 2.45) is 0 Å². The van der Waals surface area contributed by atoms with E-state index in [0.29, 0.717) is 0 Å². The SMILES string of the molecule is Cc1ccc(CN2CCC(O)CC2)cn1. The van der Waals surface area contributed by atoms with Gasteiger partial charge in [-0.3, -0.25) is 9.88 Å². The van der Waals surface area contributed by atoms with Crippen molar-refractivity contribution in [3.8, 4) is 0 Å². The van der Waals surface area contributed by atoms with E-state index in [9.17, 15) is 5.11 Å². The zero-order chi connectivity index (χ0) is 10.7. The molecule has 2 rings (SSSR count). The molecule has 0 radical (unpaired) electrons. The van der Waals surface area contributed by atoms with Gasteiger partial charge in [0, 0.05) is 31.5 Å². The van der Waals surface area contributed by atoms with Gasteiger partial charge in [-0.15, -0.1) is 0 Å². The Balaban J connectivity index is 1.89. The van der Waals surface area contributed by atoms with Gasteiger partial charge in [0.2, 0.25) is 0 Å². The maximum Gasteiger partial charge on any atom is 0.0564 e. The Morgan fingerprint density at radius 3 is 2.73 bits per heavy atom. The third kappa shape index (κ3) is 3.01. The monoisotopic (exact) mass is 206 g/mol. The molecule has 0 unspecified atom stereocenters. The molecule has 1 aromatic heterocycles. The topological polar surface area (TPSA) is 36.4 Å². The molecule has 3 nitrogen and oxygen atoms in total. The molecule has 15 heavy (non-hydrogen) atoms. The molecule has 0 spiro atoms. The summed E-state index contributed by atoms with van der Waals surface area (Å²) in [5.41, 5.74) is 2.32. The molecule has 1 saturated heterocycles. The van der Waals surface area contributed by atoms with Gasteiger partial charge in [-0.1, -0.05) is 6.07 Å². The minimum Gasteiger partial charge on any atom is -0.393 e. The summed E-state index contributed by atoms with van der Waals surface area (Å²) in [7, 11) is 0. The Morgan fingerprint density at radius 1 is 1.40 bits per heavy atom. The van der Waals surface area contributed by atoms with Crippen LogP contribution in [0.4, 0.5) is 0 Å². The third-order valence-electron chi connectivity index (χ3n) is 2.94. The number of hydrogen-bond acceptors (Lipinski definition) is 3. The van der Waals surface area contributed by atoms with Crippen LogP contribution in [-0.2, 0) is 6.54 Å². The van der Waals surface area contributed by atoms with Gasteiger partial charge in [0.1, 0.15) is 0 Å². The molecule has 2 heterocycles. The minimum atomic E-state index is -0.0857. The van der Waals surface area contributed by atoms with Crippen molar-refractivity contribution in [1.29, 1.82) is 0 Å². The highest BCUT2D eigenvalue weighted by molar-refractivity contribution is 5.13. The van der Waals surface area contributed by atoms with Crippen LogP contribution < -0.4 is 0 Å². The zero-order valence-corrected chi connectivity index (χ0v) is 9.19. The number of likely N-dealkylation sites (tertiary alicyclic amines) is 1. The number of hydrogen-bond donors (Lipinski definition) is 1. The molecule has 0 amide bonds. The third-order valence-corrected chi connectivity index (χ3v) is 2.94. The Morgan fingerprint density at radius 2 is 2.13 bits per heavy atom. The number of pyridine rings is 1. The van der Waals surface area contributed by atoms with Crippen molar-refractivity contribution in [2.75, 3.05) is 13.1 Å². The Hall–Kier alpha value is -0.930. The van der Waals surface area contributed by atoms with Gasteiger partial charge < -0.3 is 5.11 Å². The largest absolute Gasteiger partial charge is 0.393 e. The number of piperidine rings is 1. The highest BCUT2D eigenvalue weighted by Gasteiger charge is 2.16. The van der Waals surface area contributed by atoms with Gasteiger partial charge in [0.15, 0.2) is 0 Å². The van der Waals surface area contributed by atoms with E-state index in [1.807, 2.05) is 19.2 Å². The molecule has 1 fully saturated rings. The first kappa shape index (κ1) is 10.6. The highest BCUT2D eigenvalue weighted by Crippen LogP contribution is 2.13. The molecule has 3 heteroatoms. The molecule has 0 aromatic carbocycles. The van der Waals surface area contributed by atoms with E-state index in [0.717, 1.165) is 38.2 Å². The van der Waals surface area contributed by atoms with E-state index in [2.05, 4.69) is 16.0 Å². The van der Waals surface area contributed by atoms with Gasteiger partial charge in [0.25, 0.3) is 0 Å². The lowest BCUT2D eigenvalue weighted by atomic mass is 10.1. The summed E-state index contributed by atoms with van der Waals surface area (Å²) >= 11 is 0. The fourth-order valence-electron chi connectivity index (χ4n) is 1.93. The first-order valence-corrected chi connectivity index (χ1v) is 5.56. The number of aliphatic hydroxyl groups is 1. The van der Waals surface area contributed by atoms with E-state index in [1.54, 1.807) is 0 Å². The van der Waals surface area contributed by atoms with Crippen LogP contribution in [0.1, 0.15) is 24.1 Å². The van der Waals surface area contributed by atoms with E-state index < -0.39 is 0 Å². The van der Waals surface area contributed by atoms with Crippen LogP contribution in [0.15, 0.2) is 18.3 Å². The standard InChI is InChI=1S/C12H18N2O/c1-10-2-3-11(8-13-10)9-14-6-4-12(15)5-7-14/h2-3,8,12,15H,4-7,9H2,1H3. The predicted octanol–water partition coefficient (Wildman–Crippen LogP) is 1.35.